The number of nitrogens with zero attached hydrogens (tertiary/aromatic N) is 1. The molecule has 0 aliphatic rings. The second-order valence-corrected chi connectivity index (χ2v) is 13.6. The zero-order valence-electron chi connectivity index (χ0n) is 26.8. The van der Waals surface area contributed by atoms with Gasteiger partial charge in [0.25, 0.3) is 0 Å². The molecule has 2 N–H and O–H groups in total. The molecular weight excluding hydrogens is 500 g/mol. The van der Waals surface area contributed by atoms with E-state index in [1.54, 1.807) is 0 Å². The van der Waals surface area contributed by atoms with E-state index < -0.39 is 0 Å². The van der Waals surface area contributed by atoms with E-state index in [1.807, 2.05) is 18.2 Å². The predicted molar refractivity (Wildman–Crippen MR) is 180 cm³/mol. The van der Waals surface area contributed by atoms with Crippen LogP contribution in [0.1, 0.15) is 110 Å². The zero-order valence-corrected chi connectivity index (χ0v) is 26.8. The van der Waals surface area contributed by atoms with E-state index in [1.165, 1.54) is 43.4 Å². The molecule has 0 unspecified atom stereocenters. The van der Waals surface area contributed by atoms with Crippen LogP contribution in [0, 0.1) is 0 Å². The van der Waals surface area contributed by atoms with Crippen molar-refractivity contribution in [1.82, 2.24) is 0 Å². The summed E-state index contributed by atoms with van der Waals surface area (Å²) < 4.78 is 0. The van der Waals surface area contributed by atoms with Gasteiger partial charge in [-0.2, -0.15) is 0 Å². The highest BCUT2D eigenvalue weighted by molar-refractivity contribution is 5.64. The Hall–Kier alpha value is -3.20. The van der Waals surface area contributed by atoms with Crippen molar-refractivity contribution in [3.05, 3.63) is 95.7 Å². The fraction of sp³-hybridized carbons (Fsp3) is 0.474. The van der Waals surface area contributed by atoms with Gasteiger partial charge in [0.05, 0.1) is 0 Å². The molecule has 3 nitrogen and oxygen atoms in total. The largest absolute Gasteiger partial charge is 0.507 e. The molecule has 0 spiro atoms. The van der Waals surface area contributed by atoms with Gasteiger partial charge in [0.1, 0.15) is 5.75 Å². The summed E-state index contributed by atoms with van der Waals surface area (Å²) in [4.78, 5) is 2.42. The van der Waals surface area contributed by atoms with Crippen LogP contribution in [0.25, 0.3) is 0 Å². The molecule has 0 heterocycles. The number of unbranched alkanes of at least 4 members (excludes halogenated alkanes) is 5. The lowest BCUT2D eigenvalue weighted by molar-refractivity contribution is 0.422. The van der Waals surface area contributed by atoms with Gasteiger partial charge in [-0.1, -0.05) is 117 Å². The van der Waals surface area contributed by atoms with Crippen LogP contribution >= 0.6 is 0 Å². The van der Waals surface area contributed by atoms with Crippen LogP contribution in [0.3, 0.4) is 0 Å². The minimum atomic E-state index is -0.129. The van der Waals surface area contributed by atoms with E-state index in [0.29, 0.717) is 5.75 Å². The molecule has 0 fully saturated rings. The van der Waals surface area contributed by atoms with Crippen LogP contribution in [0.15, 0.2) is 79.0 Å². The summed E-state index contributed by atoms with van der Waals surface area (Å²) in [7, 11) is 0. The first-order chi connectivity index (χ1) is 19.4. The summed E-state index contributed by atoms with van der Waals surface area (Å²) in [5.41, 5.74) is 7.56. The predicted octanol–water partition coefficient (Wildman–Crippen LogP) is 11.0. The molecular formula is C38H54N2O. The molecule has 0 amide bonds. The third kappa shape index (κ3) is 9.69. The molecule has 0 radical (unpaired) electrons. The van der Waals surface area contributed by atoms with Crippen molar-refractivity contribution >= 4 is 17.1 Å². The van der Waals surface area contributed by atoms with Crippen molar-refractivity contribution in [2.24, 2.45) is 0 Å². The van der Waals surface area contributed by atoms with E-state index in [4.69, 9.17) is 0 Å². The van der Waals surface area contributed by atoms with Crippen LogP contribution in [0.5, 0.6) is 5.75 Å². The molecule has 0 bridgehead atoms. The Kier molecular flexibility index (Phi) is 11.5. The van der Waals surface area contributed by atoms with Crippen molar-refractivity contribution < 1.29 is 5.11 Å². The third-order valence-electron chi connectivity index (χ3n) is 7.85. The molecule has 0 saturated carbocycles. The van der Waals surface area contributed by atoms with Crippen molar-refractivity contribution in [2.45, 2.75) is 111 Å². The van der Waals surface area contributed by atoms with Gasteiger partial charge in [-0.15, -0.1) is 0 Å². The average molecular weight is 555 g/mol. The highest BCUT2D eigenvalue weighted by atomic mass is 16.3. The summed E-state index contributed by atoms with van der Waals surface area (Å²) in [5.74, 6) is 0.446. The number of aryl methyl sites for hydroxylation is 1. The Labute approximate surface area is 250 Å². The van der Waals surface area contributed by atoms with Gasteiger partial charge in [0, 0.05) is 29.3 Å². The van der Waals surface area contributed by atoms with Crippen LogP contribution < -0.4 is 10.2 Å². The van der Waals surface area contributed by atoms with E-state index in [0.717, 1.165) is 54.0 Å². The lowest BCUT2D eigenvalue weighted by Crippen LogP contribution is -2.24. The molecule has 0 aliphatic heterocycles. The highest BCUT2D eigenvalue weighted by Gasteiger charge is 2.26. The topological polar surface area (TPSA) is 35.5 Å². The highest BCUT2D eigenvalue weighted by Crippen LogP contribution is 2.40. The van der Waals surface area contributed by atoms with E-state index in [2.05, 4.69) is 114 Å². The minimum Gasteiger partial charge on any atom is -0.507 e. The number of phenols is 1. The second-order valence-electron chi connectivity index (χ2n) is 13.6. The van der Waals surface area contributed by atoms with Crippen LogP contribution in [0.4, 0.5) is 17.1 Å². The van der Waals surface area contributed by atoms with Gasteiger partial charge >= 0.3 is 0 Å². The van der Waals surface area contributed by atoms with Gasteiger partial charge in [0.15, 0.2) is 0 Å². The number of benzene rings is 3. The van der Waals surface area contributed by atoms with Gasteiger partial charge < -0.3 is 15.3 Å². The summed E-state index contributed by atoms with van der Waals surface area (Å²) in [6, 6.07) is 23.5. The first kappa shape index (κ1) is 32.3. The van der Waals surface area contributed by atoms with E-state index >= 15 is 0 Å². The Morgan fingerprint density at radius 3 is 1.85 bits per heavy atom. The number of phenolic OH excluding ortho intramolecular Hbond substituents is 1. The van der Waals surface area contributed by atoms with Crippen molar-refractivity contribution in [2.75, 3.05) is 16.8 Å². The second kappa shape index (κ2) is 14.6. The van der Waals surface area contributed by atoms with Gasteiger partial charge in [-0.25, -0.2) is 0 Å². The van der Waals surface area contributed by atoms with Gasteiger partial charge in [-0.3, -0.25) is 0 Å². The third-order valence-corrected chi connectivity index (χ3v) is 7.85. The van der Waals surface area contributed by atoms with Gasteiger partial charge in [0.2, 0.25) is 0 Å². The van der Waals surface area contributed by atoms with Crippen LogP contribution in [0.2, 0.25) is 0 Å². The molecule has 3 heteroatoms. The standard InChI is InChI=1S/C38H54N2O/c1-9-10-11-12-13-17-26-40(33-24-22-32(23-25-33)39-31-18-15-14-16-19-31)29(2)20-21-30-27-34(37(3,4)5)36(41)35(28-30)38(6,7)8/h14-16,18-19,22-25,27-28,39,41H,2,9-13,17,20-21,26H2,1,3-8H3. The lowest BCUT2D eigenvalue weighted by Gasteiger charge is -2.29. The molecule has 222 valence electrons. The Bertz CT molecular complexity index is 1200. The van der Waals surface area contributed by atoms with Crippen LogP contribution in [-0.4, -0.2) is 11.7 Å². The van der Waals surface area contributed by atoms with Crippen LogP contribution in [-0.2, 0) is 17.3 Å². The normalized spacial score (nSPS) is 11.9. The molecule has 3 rings (SSSR count). The fourth-order valence-corrected chi connectivity index (χ4v) is 5.34. The van der Waals surface area contributed by atoms with Crippen molar-refractivity contribution in [1.29, 1.82) is 0 Å². The molecule has 0 saturated heterocycles. The Morgan fingerprint density at radius 2 is 1.29 bits per heavy atom. The molecule has 41 heavy (non-hydrogen) atoms. The monoisotopic (exact) mass is 554 g/mol. The summed E-state index contributed by atoms with van der Waals surface area (Å²) in [5, 5.41) is 14.7. The minimum absolute atomic E-state index is 0.129. The molecule has 3 aromatic rings. The maximum absolute atomic E-state index is 11.2. The fourth-order valence-electron chi connectivity index (χ4n) is 5.34. The molecule has 3 aromatic carbocycles. The first-order valence-electron chi connectivity index (χ1n) is 15.6. The molecule has 0 aromatic heterocycles. The van der Waals surface area contributed by atoms with E-state index in [-0.39, 0.29) is 10.8 Å². The number of rotatable bonds is 14. The summed E-state index contributed by atoms with van der Waals surface area (Å²) in [6.07, 6.45) is 9.40. The van der Waals surface area contributed by atoms with E-state index in [9.17, 15) is 5.11 Å². The number of aromatic hydroxyl groups is 1. The maximum Gasteiger partial charge on any atom is 0.123 e. The summed E-state index contributed by atoms with van der Waals surface area (Å²) in [6.45, 7) is 20.9. The lowest BCUT2D eigenvalue weighted by atomic mass is 9.78. The Morgan fingerprint density at radius 1 is 0.756 bits per heavy atom. The summed E-state index contributed by atoms with van der Waals surface area (Å²) >= 11 is 0. The van der Waals surface area contributed by atoms with Crippen molar-refractivity contribution in [3.8, 4) is 5.75 Å². The first-order valence-corrected chi connectivity index (χ1v) is 15.6. The number of hydrogen-bond acceptors (Lipinski definition) is 3. The smallest absolute Gasteiger partial charge is 0.123 e. The molecule has 0 atom stereocenters. The molecule has 0 aliphatic carbocycles. The Balaban J connectivity index is 1.78. The zero-order chi connectivity index (χ0) is 30.0. The number of hydrogen-bond donors (Lipinski definition) is 2. The average Bonchev–Trinajstić information content (AvgIpc) is 2.92. The number of allylic oxidation sites excluding steroid dienone is 1. The van der Waals surface area contributed by atoms with Gasteiger partial charge in [-0.05, 0) is 83.2 Å². The quantitative estimate of drug-likeness (QED) is 0.195. The maximum atomic E-state index is 11.2. The van der Waals surface area contributed by atoms with Crippen molar-refractivity contribution in [3.63, 3.8) is 0 Å². The number of para-hydroxylation sites is 1. The SMILES string of the molecule is C=C(CCc1cc(C(C)(C)C)c(O)c(C(C)(C)C)c1)N(CCCCCCCC)c1ccc(Nc2ccccc2)cc1. The number of anilines is 3. The number of nitrogens with one attached hydrogen (secondary N) is 1.